The van der Waals surface area contributed by atoms with Crippen LogP contribution in [0.3, 0.4) is 0 Å². The molecular formula is C8H8N2O6+2. The Bertz CT molecular complexity index is 460. The molecule has 0 amide bonds. The van der Waals surface area contributed by atoms with Crippen molar-refractivity contribution in [3.63, 3.8) is 0 Å². The van der Waals surface area contributed by atoms with E-state index in [-0.39, 0.29) is 4.76 Å². The highest BCUT2D eigenvalue weighted by Gasteiger charge is 2.29. The summed E-state index contributed by atoms with van der Waals surface area (Å²) in [4.78, 5) is 31.7. The summed E-state index contributed by atoms with van der Waals surface area (Å²) in [5.74, 6) is -2.29. The lowest BCUT2D eigenvalue weighted by atomic mass is 10.1. The molecule has 0 aliphatic carbocycles. The minimum atomic E-state index is -1.52. The van der Waals surface area contributed by atoms with Gasteiger partial charge < -0.3 is 10.2 Å². The summed E-state index contributed by atoms with van der Waals surface area (Å²) in [6, 6.07) is 1.61. The Morgan fingerprint density at radius 2 is 1.88 bits per heavy atom. The van der Waals surface area contributed by atoms with Crippen molar-refractivity contribution >= 4 is 17.3 Å². The van der Waals surface area contributed by atoms with Crippen molar-refractivity contribution in [2.24, 2.45) is 0 Å². The van der Waals surface area contributed by atoms with E-state index in [2.05, 4.69) is 0 Å². The molecule has 0 spiro atoms. The average molecular weight is 228 g/mol. The van der Waals surface area contributed by atoms with E-state index in [0.29, 0.717) is 0 Å². The second kappa shape index (κ2) is 3.93. The smallest absolute Gasteiger partial charge is 0.340 e. The molecule has 1 aromatic rings. The first-order chi connectivity index (χ1) is 7.34. The average Bonchev–Trinajstić information content (AvgIpc) is 2.16. The lowest BCUT2D eigenvalue weighted by molar-refractivity contribution is -0.729. The Hall–Kier alpha value is -2.51. The van der Waals surface area contributed by atoms with Gasteiger partial charge in [0.2, 0.25) is 5.75 Å². The molecule has 0 fully saturated rings. The molecule has 0 saturated carbocycles. The maximum atomic E-state index is 11.0. The van der Waals surface area contributed by atoms with Crippen LogP contribution in [-0.2, 0) is 0 Å². The molecule has 0 aliphatic rings. The van der Waals surface area contributed by atoms with E-state index in [4.69, 9.17) is 10.3 Å². The number of nitroso groups, excluding NO2 is 1. The van der Waals surface area contributed by atoms with Crippen molar-refractivity contribution in [2.75, 3.05) is 7.05 Å². The maximum absolute atomic E-state index is 11.0. The minimum Gasteiger partial charge on any atom is -0.502 e. The van der Waals surface area contributed by atoms with Crippen LogP contribution >= 0.6 is 0 Å². The summed E-state index contributed by atoms with van der Waals surface area (Å²) in [5.41, 5.74) is -1.54. The molecule has 84 valence electrons. The number of hydrogen-bond donors (Lipinski definition) is 3. The first-order valence-electron chi connectivity index (χ1n) is 4.02. The Labute approximate surface area is 88.5 Å². The van der Waals surface area contributed by atoms with Gasteiger partial charge in [-0.1, -0.05) is 0 Å². The molecule has 1 aromatic carbocycles. The molecule has 0 bridgehead atoms. The van der Waals surface area contributed by atoms with Gasteiger partial charge in [-0.3, -0.25) is 0 Å². The van der Waals surface area contributed by atoms with Gasteiger partial charge in [-0.2, -0.15) is 0 Å². The quantitative estimate of drug-likeness (QED) is 0.523. The van der Waals surface area contributed by atoms with Crippen LogP contribution in [0.25, 0.3) is 0 Å². The second-order valence-corrected chi connectivity index (χ2v) is 2.94. The molecule has 0 saturated heterocycles. The number of rotatable bonds is 3. The van der Waals surface area contributed by atoms with Crippen LogP contribution in [0.2, 0.25) is 0 Å². The summed E-state index contributed by atoms with van der Waals surface area (Å²) in [7, 11) is 1.01. The van der Waals surface area contributed by atoms with Gasteiger partial charge in [-0.15, -0.1) is 0 Å². The van der Waals surface area contributed by atoms with Crippen LogP contribution in [0.5, 0.6) is 5.75 Å². The number of nitrogens with zero attached hydrogens (tertiary/aromatic N) is 2. The molecule has 0 unspecified atom stereocenters. The predicted octanol–water partition coefficient (Wildman–Crippen LogP) is 0.930. The Balaban J connectivity index is 3.57. The van der Waals surface area contributed by atoms with E-state index in [1.807, 2.05) is 0 Å². The van der Waals surface area contributed by atoms with Crippen molar-refractivity contribution in [1.29, 1.82) is 0 Å². The summed E-state index contributed by atoms with van der Waals surface area (Å²) in [6.45, 7) is 0. The lowest BCUT2D eigenvalue weighted by Crippen LogP contribution is -2.03. The molecular weight excluding hydrogens is 220 g/mol. The monoisotopic (exact) mass is 228 g/mol. The number of carbonyl (C=O) groups is 1. The van der Waals surface area contributed by atoms with Gasteiger partial charge in [0.15, 0.2) is 7.05 Å². The van der Waals surface area contributed by atoms with Gasteiger partial charge in [0.1, 0.15) is 11.6 Å². The van der Waals surface area contributed by atoms with Crippen LogP contribution in [0.15, 0.2) is 12.1 Å². The fourth-order valence-electron chi connectivity index (χ4n) is 1.12. The van der Waals surface area contributed by atoms with Crippen LogP contribution < -0.4 is 0 Å². The normalized spacial score (nSPS) is 9.81. The SMILES string of the molecule is C[N+](=O)c1cc([N+](=O)O)cc(C(=O)O)c1O. The van der Waals surface area contributed by atoms with Crippen molar-refractivity contribution in [3.05, 3.63) is 27.5 Å². The fraction of sp³-hybridized carbons (Fsp3) is 0.125. The summed E-state index contributed by atoms with van der Waals surface area (Å²) in [6.07, 6.45) is 0. The van der Waals surface area contributed by atoms with Crippen molar-refractivity contribution < 1.29 is 29.9 Å². The number of carboxylic acid groups (broad SMARTS) is 1. The van der Waals surface area contributed by atoms with Gasteiger partial charge in [0, 0.05) is 15.7 Å². The van der Waals surface area contributed by atoms with E-state index in [1.54, 1.807) is 0 Å². The van der Waals surface area contributed by atoms with E-state index in [1.165, 1.54) is 0 Å². The highest BCUT2D eigenvalue weighted by atomic mass is 16.6. The Kier molecular flexibility index (Phi) is 2.84. The zero-order valence-electron chi connectivity index (χ0n) is 8.12. The number of phenols is 1. The number of aromatic hydroxyl groups is 1. The predicted molar refractivity (Wildman–Crippen MR) is 49.4 cm³/mol. The second-order valence-electron chi connectivity index (χ2n) is 2.94. The van der Waals surface area contributed by atoms with E-state index >= 15 is 0 Å². The van der Waals surface area contributed by atoms with Crippen molar-refractivity contribution in [3.8, 4) is 5.75 Å². The lowest BCUT2D eigenvalue weighted by Gasteiger charge is -1.98. The number of aromatic carboxylic acids is 1. The Morgan fingerprint density at radius 3 is 2.25 bits per heavy atom. The first-order valence-corrected chi connectivity index (χ1v) is 4.02. The highest BCUT2D eigenvalue weighted by Crippen LogP contribution is 2.33. The zero-order valence-corrected chi connectivity index (χ0v) is 8.12. The zero-order chi connectivity index (χ0) is 12.5. The third-order valence-electron chi connectivity index (χ3n) is 1.87. The molecule has 1 rings (SSSR count). The van der Waals surface area contributed by atoms with Gasteiger partial charge in [-0.25, -0.2) is 10.0 Å². The van der Waals surface area contributed by atoms with E-state index in [9.17, 15) is 19.7 Å². The van der Waals surface area contributed by atoms with Crippen molar-refractivity contribution in [2.45, 2.75) is 0 Å². The first kappa shape index (κ1) is 11.6. The van der Waals surface area contributed by atoms with E-state index < -0.39 is 33.6 Å². The number of carboxylic acids is 1. The van der Waals surface area contributed by atoms with Crippen molar-refractivity contribution in [1.82, 2.24) is 0 Å². The largest absolute Gasteiger partial charge is 0.502 e. The fourth-order valence-corrected chi connectivity index (χ4v) is 1.12. The van der Waals surface area contributed by atoms with Crippen LogP contribution in [0, 0.1) is 9.81 Å². The molecule has 0 aliphatic heterocycles. The standard InChI is InChI=1S/C8H6N2O6/c1-9(14)6-3-4(10(15)16)2-5(7(6)11)8(12)13/h2-3H,1H3,(H-2,11,12,13,14,15,16)/p+2. The number of hydrogen-bond acceptors (Lipinski definition) is 4. The third-order valence-corrected chi connectivity index (χ3v) is 1.87. The molecule has 8 nitrogen and oxygen atoms in total. The van der Waals surface area contributed by atoms with Gasteiger partial charge in [0.25, 0.3) is 4.92 Å². The third kappa shape index (κ3) is 1.95. The molecule has 0 radical (unpaired) electrons. The molecule has 16 heavy (non-hydrogen) atoms. The molecule has 0 heterocycles. The van der Waals surface area contributed by atoms with Crippen LogP contribution in [0.4, 0.5) is 11.4 Å². The summed E-state index contributed by atoms with van der Waals surface area (Å²) >= 11 is 0. The van der Waals surface area contributed by atoms with Crippen LogP contribution in [-0.4, -0.2) is 38.1 Å². The number of benzene rings is 1. The Morgan fingerprint density at radius 1 is 1.31 bits per heavy atom. The van der Waals surface area contributed by atoms with E-state index in [0.717, 1.165) is 19.2 Å². The molecule has 3 N–H and O–H groups in total. The van der Waals surface area contributed by atoms with Gasteiger partial charge in [-0.05, 0) is 0 Å². The van der Waals surface area contributed by atoms with Gasteiger partial charge >= 0.3 is 17.3 Å². The maximum Gasteiger partial charge on any atom is 0.340 e. The minimum absolute atomic E-state index is 0.175. The summed E-state index contributed by atoms with van der Waals surface area (Å²) in [5, 5.41) is 26.7. The topological polar surface area (TPSA) is 118 Å². The molecule has 0 atom stereocenters. The molecule has 8 heteroatoms. The highest BCUT2D eigenvalue weighted by molar-refractivity contribution is 5.93. The summed E-state index contributed by atoms with van der Waals surface area (Å²) < 4.78 is 0.175. The molecule has 0 aromatic heterocycles. The van der Waals surface area contributed by atoms with Gasteiger partial charge in [0.05, 0.1) is 4.91 Å². The van der Waals surface area contributed by atoms with Crippen LogP contribution in [0.1, 0.15) is 10.4 Å².